The van der Waals surface area contributed by atoms with Crippen molar-refractivity contribution in [3.05, 3.63) is 59.2 Å². The van der Waals surface area contributed by atoms with Crippen LogP contribution in [0.3, 0.4) is 0 Å². The molecular formula is C17H19NO2. The minimum Gasteiger partial charge on any atom is -0.493 e. The molecule has 3 nitrogen and oxygen atoms in total. The summed E-state index contributed by atoms with van der Waals surface area (Å²) in [5.41, 5.74) is 3.98. The molecule has 1 aliphatic heterocycles. The van der Waals surface area contributed by atoms with Gasteiger partial charge in [0.25, 0.3) is 0 Å². The first kappa shape index (κ1) is 13.0. The van der Waals surface area contributed by atoms with E-state index in [0.29, 0.717) is 0 Å². The van der Waals surface area contributed by atoms with Crippen molar-refractivity contribution in [3.8, 4) is 11.5 Å². The quantitative estimate of drug-likeness (QED) is 0.929. The number of fused-ring (bicyclic) bond motifs is 1. The highest BCUT2D eigenvalue weighted by Crippen LogP contribution is 2.34. The molecule has 1 N–H and O–H groups in total. The van der Waals surface area contributed by atoms with E-state index in [0.717, 1.165) is 24.5 Å². The number of methoxy groups -OCH3 is 2. The highest BCUT2D eigenvalue weighted by molar-refractivity contribution is 5.47. The molecule has 3 rings (SSSR count). The van der Waals surface area contributed by atoms with E-state index in [1.165, 1.54) is 16.7 Å². The summed E-state index contributed by atoms with van der Waals surface area (Å²) in [7, 11) is 3.33. The van der Waals surface area contributed by atoms with E-state index in [1.54, 1.807) is 14.2 Å². The minimum absolute atomic E-state index is 0.222. The maximum atomic E-state index is 5.40. The van der Waals surface area contributed by atoms with Crippen LogP contribution in [0.5, 0.6) is 11.5 Å². The van der Waals surface area contributed by atoms with E-state index in [2.05, 4.69) is 41.7 Å². The van der Waals surface area contributed by atoms with Gasteiger partial charge in [-0.25, -0.2) is 0 Å². The predicted molar refractivity (Wildman–Crippen MR) is 79.5 cm³/mol. The van der Waals surface area contributed by atoms with Gasteiger partial charge in [-0.3, -0.25) is 0 Å². The first-order valence-electron chi connectivity index (χ1n) is 6.86. The molecule has 0 radical (unpaired) electrons. The summed E-state index contributed by atoms with van der Waals surface area (Å²) in [5.74, 6) is 1.54. The third kappa shape index (κ3) is 2.25. The van der Waals surface area contributed by atoms with Gasteiger partial charge < -0.3 is 14.8 Å². The maximum Gasteiger partial charge on any atom is 0.161 e. The van der Waals surface area contributed by atoms with Gasteiger partial charge in [0, 0.05) is 6.54 Å². The molecule has 2 aromatic rings. The summed E-state index contributed by atoms with van der Waals surface area (Å²) >= 11 is 0. The summed E-state index contributed by atoms with van der Waals surface area (Å²) in [5, 5.41) is 3.58. The van der Waals surface area contributed by atoms with E-state index >= 15 is 0 Å². The van der Waals surface area contributed by atoms with E-state index < -0.39 is 0 Å². The second-order valence-electron chi connectivity index (χ2n) is 4.95. The van der Waals surface area contributed by atoms with Crippen molar-refractivity contribution in [2.75, 3.05) is 20.8 Å². The standard InChI is InChI=1S/C17H19NO2/c1-19-15-8-7-13(11-16(15)20-2)17-14-6-4-3-5-12(14)9-10-18-17/h3-8,11,17-18H,9-10H2,1-2H3/t17-/m1/s1. The fourth-order valence-corrected chi connectivity index (χ4v) is 2.83. The Balaban J connectivity index is 2.02. The molecule has 0 saturated heterocycles. The molecule has 2 aromatic carbocycles. The fourth-order valence-electron chi connectivity index (χ4n) is 2.83. The first-order chi connectivity index (χ1) is 9.83. The van der Waals surface area contributed by atoms with Gasteiger partial charge in [-0.15, -0.1) is 0 Å². The number of benzene rings is 2. The molecule has 0 fully saturated rings. The normalized spacial score (nSPS) is 17.4. The number of ether oxygens (including phenoxy) is 2. The Bertz CT molecular complexity index is 610. The largest absolute Gasteiger partial charge is 0.493 e. The van der Waals surface area contributed by atoms with Crippen LogP contribution in [0, 0.1) is 0 Å². The Morgan fingerprint density at radius 2 is 1.80 bits per heavy atom. The maximum absolute atomic E-state index is 5.40. The van der Waals surface area contributed by atoms with Gasteiger partial charge in [0.05, 0.1) is 20.3 Å². The topological polar surface area (TPSA) is 30.5 Å². The molecule has 3 heteroatoms. The Kier molecular flexibility index (Phi) is 3.61. The Hall–Kier alpha value is -2.00. The SMILES string of the molecule is COc1ccc([C@H]2NCCc3ccccc32)cc1OC. The van der Waals surface area contributed by atoms with Gasteiger partial charge in [0.2, 0.25) is 0 Å². The number of rotatable bonds is 3. The summed E-state index contributed by atoms with van der Waals surface area (Å²) < 4.78 is 10.7. The molecule has 0 aliphatic carbocycles. The lowest BCUT2D eigenvalue weighted by atomic mass is 9.90. The van der Waals surface area contributed by atoms with Crippen LogP contribution in [0.2, 0.25) is 0 Å². The minimum atomic E-state index is 0.222. The van der Waals surface area contributed by atoms with Crippen molar-refractivity contribution in [2.45, 2.75) is 12.5 Å². The molecule has 0 unspecified atom stereocenters. The molecule has 20 heavy (non-hydrogen) atoms. The molecule has 0 amide bonds. The van der Waals surface area contributed by atoms with Crippen LogP contribution >= 0.6 is 0 Å². The molecule has 0 spiro atoms. The van der Waals surface area contributed by atoms with Crippen LogP contribution in [0.25, 0.3) is 0 Å². The van der Waals surface area contributed by atoms with Gasteiger partial charge >= 0.3 is 0 Å². The Morgan fingerprint density at radius 1 is 1.00 bits per heavy atom. The third-order valence-electron chi connectivity index (χ3n) is 3.85. The molecule has 104 valence electrons. The molecule has 0 bridgehead atoms. The van der Waals surface area contributed by atoms with Crippen LogP contribution in [-0.2, 0) is 6.42 Å². The van der Waals surface area contributed by atoms with Gasteiger partial charge in [-0.1, -0.05) is 30.3 Å². The average Bonchev–Trinajstić information content (AvgIpc) is 2.53. The number of nitrogens with one attached hydrogen (secondary N) is 1. The lowest BCUT2D eigenvalue weighted by Gasteiger charge is -2.27. The molecule has 1 heterocycles. The molecule has 1 atom stereocenters. The van der Waals surface area contributed by atoms with Crippen molar-refractivity contribution in [2.24, 2.45) is 0 Å². The lowest BCUT2D eigenvalue weighted by molar-refractivity contribution is 0.354. The summed E-state index contributed by atoms with van der Waals surface area (Å²) in [6, 6.07) is 15.0. The second-order valence-corrected chi connectivity index (χ2v) is 4.95. The van der Waals surface area contributed by atoms with Gasteiger partial charge in [0.1, 0.15) is 0 Å². The zero-order valence-corrected chi connectivity index (χ0v) is 11.8. The number of hydrogen-bond acceptors (Lipinski definition) is 3. The highest BCUT2D eigenvalue weighted by Gasteiger charge is 2.21. The Labute approximate surface area is 119 Å². The van der Waals surface area contributed by atoms with E-state index in [9.17, 15) is 0 Å². The van der Waals surface area contributed by atoms with Crippen LogP contribution in [0.15, 0.2) is 42.5 Å². The Morgan fingerprint density at radius 3 is 2.60 bits per heavy atom. The van der Waals surface area contributed by atoms with Crippen LogP contribution in [-0.4, -0.2) is 20.8 Å². The average molecular weight is 269 g/mol. The summed E-state index contributed by atoms with van der Waals surface area (Å²) in [6.45, 7) is 0.996. The van der Waals surface area contributed by atoms with Crippen molar-refractivity contribution >= 4 is 0 Å². The monoisotopic (exact) mass is 269 g/mol. The highest BCUT2D eigenvalue weighted by atomic mass is 16.5. The third-order valence-corrected chi connectivity index (χ3v) is 3.85. The van der Waals surface area contributed by atoms with Gasteiger partial charge in [-0.2, -0.15) is 0 Å². The number of hydrogen-bond donors (Lipinski definition) is 1. The lowest BCUT2D eigenvalue weighted by Crippen LogP contribution is -2.30. The van der Waals surface area contributed by atoms with Crippen molar-refractivity contribution < 1.29 is 9.47 Å². The second kappa shape index (κ2) is 5.55. The van der Waals surface area contributed by atoms with Crippen molar-refractivity contribution in [1.82, 2.24) is 5.32 Å². The smallest absolute Gasteiger partial charge is 0.161 e. The molecule has 0 saturated carbocycles. The van der Waals surface area contributed by atoms with Crippen LogP contribution in [0.1, 0.15) is 22.7 Å². The summed E-state index contributed by atoms with van der Waals surface area (Å²) in [6.07, 6.45) is 1.08. The van der Waals surface area contributed by atoms with Crippen molar-refractivity contribution in [3.63, 3.8) is 0 Å². The van der Waals surface area contributed by atoms with Crippen LogP contribution in [0.4, 0.5) is 0 Å². The fraction of sp³-hybridized carbons (Fsp3) is 0.294. The summed E-state index contributed by atoms with van der Waals surface area (Å²) in [4.78, 5) is 0. The van der Waals surface area contributed by atoms with E-state index in [-0.39, 0.29) is 6.04 Å². The zero-order chi connectivity index (χ0) is 13.9. The molecule has 1 aliphatic rings. The molecule has 0 aromatic heterocycles. The van der Waals surface area contributed by atoms with Gasteiger partial charge in [0.15, 0.2) is 11.5 Å². The first-order valence-corrected chi connectivity index (χ1v) is 6.86. The van der Waals surface area contributed by atoms with E-state index in [4.69, 9.17) is 9.47 Å². The molecular weight excluding hydrogens is 250 g/mol. The van der Waals surface area contributed by atoms with Crippen LogP contribution < -0.4 is 14.8 Å². The predicted octanol–water partition coefficient (Wildman–Crippen LogP) is 2.94. The van der Waals surface area contributed by atoms with Gasteiger partial charge in [-0.05, 0) is 35.2 Å². The van der Waals surface area contributed by atoms with E-state index in [1.807, 2.05) is 6.07 Å². The zero-order valence-electron chi connectivity index (χ0n) is 11.8. The van der Waals surface area contributed by atoms with Crippen molar-refractivity contribution in [1.29, 1.82) is 0 Å².